The largest absolute Gasteiger partial charge is 0.378 e. The first kappa shape index (κ1) is 11.9. The molecule has 0 aromatic heterocycles. The van der Waals surface area contributed by atoms with Crippen molar-refractivity contribution in [1.82, 2.24) is 0 Å². The van der Waals surface area contributed by atoms with Gasteiger partial charge in [0.15, 0.2) is 0 Å². The molecule has 2 saturated carbocycles. The van der Waals surface area contributed by atoms with Crippen LogP contribution in [0.5, 0.6) is 0 Å². The molecule has 0 unspecified atom stereocenters. The molecule has 0 amide bonds. The Labute approximate surface area is 102 Å². The minimum atomic E-state index is 0.484. The van der Waals surface area contributed by atoms with Crippen LogP contribution in [0.4, 0.5) is 0 Å². The summed E-state index contributed by atoms with van der Waals surface area (Å²) in [6.07, 6.45) is 12.9. The highest BCUT2D eigenvalue weighted by atomic mass is 79.9. The van der Waals surface area contributed by atoms with Crippen LogP contribution < -0.4 is 0 Å². The minimum absolute atomic E-state index is 0.484. The summed E-state index contributed by atoms with van der Waals surface area (Å²) < 4.78 is 6.13. The highest BCUT2D eigenvalue weighted by molar-refractivity contribution is 9.09. The van der Waals surface area contributed by atoms with Crippen molar-refractivity contribution in [2.45, 2.75) is 63.9 Å². The van der Waals surface area contributed by atoms with Gasteiger partial charge >= 0.3 is 0 Å². The first-order valence-electron chi connectivity index (χ1n) is 6.52. The second-order valence-corrected chi connectivity index (χ2v) is 5.97. The molecule has 88 valence electrons. The van der Waals surface area contributed by atoms with Gasteiger partial charge in [0, 0.05) is 10.7 Å². The fourth-order valence-electron chi connectivity index (χ4n) is 2.97. The lowest BCUT2D eigenvalue weighted by Gasteiger charge is -2.30. The van der Waals surface area contributed by atoms with Crippen LogP contribution in [0.15, 0.2) is 0 Å². The van der Waals surface area contributed by atoms with E-state index in [1.165, 1.54) is 57.8 Å². The van der Waals surface area contributed by atoms with Crippen molar-refractivity contribution in [2.75, 3.05) is 11.9 Å². The number of hydrogen-bond acceptors (Lipinski definition) is 1. The summed E-state index contributed by atoms with van der Waals surface area (Å²) in [5.41, 5.74) is 0.484. The van der Waals surface area contributed by atoms with Crippen molar-refractivity contribution in [1.29, 1.82) is 0 Å². The van der Waals surface area contributed by atoms with E-state index in [0.29, 0.717) is 11.5 Å². The van der Waals surface area contributed by atoms with E-state index in [1.807, 2.05) is 0 Å². The maximum absolute atomic E-state index is 6.13. The third-order valence-electron chi connectivity index (χ3n) is 4.13. The second-order valence-electron chi connectivity index (χ2n) is 5.41. The number of ether oxygens (including phenoxy) is 1. The van der Waals surface area contributed by atoms with E-state index < -0.39 is 0 Å². The minimum Gasteiger partial charge on any atom is -0.378 e. The number of alkyl halides is 1. The maximum Gasteiger partial charge on any atom is 0.0575 e. The SMILES string of the molecule is BrCC1(COC2CCCCC2)CCCC1. The van der Waals surface area contributed by atoms with Gasteiger partial charge in [-0.25, -0.2) is 0 Å². The van der Waals surface area contributed by atoms with Gasteiger partial charge in [0.05, 0.1) is 12.7 Å². The van der Waals surface area contributed by atoms with Crippen LogP contribution in [0, 0.1) is 5.41 Å². The molecule has 0 aromatic carbocycles. The van der Waals surface area contributed by atoms with Gasteiger partial charge in [-0.15, -0.1) is 0 Å². The molecule has 15 heavy (non-hydrogen) atoms. The summed E-state index contributed by atoms with van der Waals surface area (Å²) in [5, 5.41) is 1.13. The Hall–Kier alpha value is 0.440. The fraction of sp³-hybridized carbons (Fsp3) is 1.00. The van der Waals surface area contributed by atoms with Crippen molar-refractivity contribution >= 4 is 15.9 Å². The van der Waals surface area contributed by atoms with Crippen LogP contribution in [0.1, 0.15) is 57.8 Å². The summed E-state index contributed by atoms with van der Waals surface area (Å²) in [6.45, 7) is 1.00. The fourth-order valence-corrected chi connectivity index (χ4v) is 3.69. The maximum atomic E-state index is 6.13. The Bertz CT molecular complexity index is 181. The van der Waals surface area contributed by atoms with E-state index in [2.05, 4.69) is 15.9 Å². The van der Waals surface area contributed by atoms with Gasteiger partial charge in [-0.05, 0) is 25.7 Å². The molecule has 0 atom stereocenters. The summed E-state index contributed by atoms with van der Waals surface area (Å²) in [5.74, 6) is 0. The molecule has 1 nitrogen and oxygen atoms in total. The second kappa shape index (κ2) is 5.67. The lowest BCUT2D eigenvalue weighted by molar-refractivity contribution is -0.0163. The monoisotopic (exact) mass is 274 g/mol. The van der Waals surface area contributed by atoms with Gasteiger partial charge in [-0.3, -0.25) is 0 Å². The van der Waals surface area contributed by atoms with E-state index in [9.17, 15) is 0 Å². The third-order valence-corrected chi connectivity index (χ3v) is 5.31. The predicted molar refractivity (Wildman–Crippen MR) is 67.5 cm³/mol. The van der Waals surface area contributed by atoms with E-state index in [-0.39, 0.29) is 0 Å². The molecule has 0 radical (unpaired) electrons. The first-order valence-corrected chi connectivity index (χ1v) is 7.64. The molecule has 2 fully saturated rings. The third kappa shape index (κ3) is 3.20. The van der Waals surface area contributed by atoms with E-state index >= 15 is 0 Å². The van der Waals surface area contributed by atoms with Gasteiger partial charge in [0.2, 0.25) is 0 Å². The van der Waals surface area contributed by atoms with Crippen molar-refractivity contribution in [3.8, 4) is 0 Å². The molecule has 0 aliphatic heterocycles. The average molecular weight is 275 g/mol. The van der Waals surface area contributed by atoms with Crippen LogP contribution in [0.3, 0.4) is 0 Å². The molecule has 2 aliphatic rings. The Balaban J connectivity index is 1.75. The Morgan fingerprint density at radius 3 is 2.27 bits per heavy atom. The molecular formula is C13H23BrO. The lowest BCUT2D eigenvalue weighted by Crippen LogP contribution is -2.29. The van der Waals surface area contributed by atoms with E-state index in [4.69, 9.17) is 4.74 Å². The Morgan fingerprint density at radius 2 is 1.67 bits per heavy atom. The van der Waals surface area contributed by atoms with E-state index in [0.717, 1.165) is 11.9 Å². The van der Waals surface area contributed by atoms with Gasteiger partial charge in [-0.1, -0.05) is 48.0 Å². The zero-order chi connectivity index (χ0) is 10.6. The standard InChI is InChI=1S/C13H23BrO/c14-10-13(8-4-5-9-13)11-15-12-6-2-1-3-7-12/h12H,1-11H2. The zero-order valence-corrected chi connectivity index (χ0v) is 11.2. The quantitative estimate of drug-likeness (QED) is 0.695. The molecule has 2 heteroatoms. The Morgan fingerprint density at radius 1 is 1.00 bits per heavy atom. The summed E-state index contributed by atoms with van der Waals surface area (Å²) in [7, 11) is 0. The smallest absolute Gasteiger partial charge is 0.0575 e. The molecule has 0 N–H and O–H groups in total. The van der Waals surface area contributed by atoms with Crippen molar-refractivity contribution < 1.29 is 4.74 Å². The van der Waals surface area contributed by atoms with Crippen LogP contribution in [0.2, 0.25) is 0 Å². The van der Waals surface area contributed by atoms with Gasteiger partial charge < -0.3 is 4.74 Å². The number of rotatable bonds is 4. The number of halogens is 1. The van der Waals surface area contributed by atoms with Crippen molar-refractivity contribution in [3.63, 3.8) is 0 Å². The van der Waals surface area contributed by atoms with Gasteiger partial charge in [0.1, 0.15) is 0 Å². The molecule has 0 aromatic rings. The average Bonchev–Trinajstić information content (AvgIpc) is 2.77. The topological polar surface area (TPSA) is 9.23 Å². The Kier molecular flexibility index (Phi) is 4.51. The molecular weight excluding hydrogens is 252 g/mol. The first-order chi connectivity index (χ1) is 7.35. The number of hydrogen-bond donors (Lipinski definition) is 0. The van der Waals surface area contributed by atoms with Crippen LogP contribution >= 0.6 is 15.9 Å². The zero-order valence-electron chi connectivity index (χ0n) is 9.64. The summed E-state index contributed by atoms with van der Waals surface area (Å²) in [6, 6.07) is 0. The van der Waals surface area contributed by atoms with Crippen LogP contribution in [0.25, 0.3) is 0 Å². The molecule has 0 saturated heterocycles. The summed E-state index contributed by atoms with van der Waals surface area (Å²) >= 11 is 3.68. The van der Waals surface area contributed by atoms with Crippen molar-refractivity contribution in [2.24, 2.45) is 5.41 Å². The predicted octanol–water partition coefficient (Wildman–Crippen LogP) is 4.29. The van der Waals surface area contributed by atoms with Crippen LogP contribution in [-0.4, -0.2) is 18.0 Å². The molecule has 0 heterocycles. The highest BCUT2D eigenvalue weighted by Gasteiger charge is 2.33. The van der Waals surface area contributed by atoms with Gasteiger partial charge in [0.25, 0.3) is 0 Å². The summed E-state index contributed by atoms with van der Waals surface area (Å²) in [4.78, 5) is 0. The van der Waals surface area contributed by atoms with E-state index in [1.54, 1.807) is 0 Å². The lowest BCUT2D eigenvalue weighted by atomic mass is 9.89. The molecule has 0 bridgehead atoms. The molecule has 0 spiro atoms. The molecule has 2 rings (SSSR count). The highest BCUT2D eigenvalue weighted by Crippen LogP contribution is 2.40. The van der Waals surface area contributed by atoms with Crippen molar-refractivity contribution in [3.05, 3.63) is 0 Å². The van der Waals surface area contributed by atoms with Gasteiger partial charge in [-0.2, -0.15) is 0 Å². The normalized spacial score (nSPS) is 27.0. The molecule has 2 aliphatic carbocycles. The van der Waals surface area contributed by atoms with Crippen LogP contribution in [-0.2, 0) is 4.74 Å².